The van der Waals surface area contributed by atoms with Gasteiger partial charge < -0.3 is 20.6 Å². The van der Waals surface area contributed by atoms with E-state index in [1.54, 1.807) is 4.68 Å². The van der Waals surface area contributed by atoms with Gasteiger partial charge in [-0.25, -0.2) is 12.8 Å². The summed E-state index contributed by atoms with van der Waals surface area (Å²) in [4.78, 5) is 26.1. The fraction of sp³-hybridized carbons (Fsp3) is 0.469. The van der Waals surface area contributed by atoms with Crippen molar-refractivity contribution >= 4 is 21.8 Å². The van der Waals surface area contributed by atoms with E-state index in [1.165, 1.54) is 35.5 Å². The van der Waals surface area contributed by atoms with Crippen LogP contribution in [0.15, 0.2) is 42.5 Å². The normalized spacial score (nSPS) is 17.1. The maximum absolute atomic E-state index is 14.0. The summed E-state index contributed by atoms with van der Waals surface area (Å²) in [6.07, 6.45) is -2.73. The number of carbonyl (C=O) groups is 2. The molecule has 2 aromatic carbocycles. The van der Waals surface area contributed by atoms with Crippen molar-refractivity contribution in [1.29, 1.82) is 0 Å². The molecule has 0 aliphatic carbocycles. The lowest BCUT2D eigenvalue weighted by Gasteiger charge is -2.33. The Balaban J connectivity index is 1.41. The van der Waals surface area contributed by atoms with Gasteiger partial charge in [0.1, 0.15) is 5.82 Å². The van der Waals surface area contributed by atoms with Gasteiger partial charge in [0.05, 0.1) is 30.2 Å². The van der Waals surface area contributed by atoms with Crippen LogP contribution in [0.2, 0.25) is 0 Å². The number of hydrogen-bond donors (Lipinski definition) is 3. The van der Waals surface area contributed by atoms with Gasteiger partial charge in [0.15, 0.2) is 0 Å². The molecule has 3 heterocycles. The van der Waals surface area contributed by atoms with Crippen LogP contribution in [0.1, 0.15) is 52.5 Å². The number of aromatic nitrogens is 2. The standard InChI is InChI=1S/C32H38F4N6O5S/c1-20(43)38-25-9-12-40(13-10-25)17-26(44)18-42-29-11-14-41(48(2,46)47)19-27(29)30(39-42)22-5-8-28(32(34,35)36)23(15-22)16-37-31(45)21-3-6-24(33)7-4-21/h3-8,15,25-26,44H,9-14,16-19H2,1-2H3,(H,37,45)(H,38,43). The number of amides is 2. The highest BCUT2D eigenvalue weighted by Crippen LogP contribution is 2.37. The monoisotopic (exact) mass is 694 g/mol. The number of halogens is 4. The predicted octanol–water partition coefficient (Wildman–Crippen LogP) is 2.92. The minimum Gasteiger partial charge on any atom is -0.390 e. The molecular formula is C32H38F4N6O5S. The first-order chi connectivity index (χ1) is 22.6. The molecule has 1 saturated heterocycles. The van der Waals surface area contributed by atoms with Crippen molar-refractivity contribution in [2.45, 2.75) is 64.1 Å². The second kappa shape index (κ2) is 14.3. The SMILES string of the molecule is CC(=O)NC1CCN(CC(O)Cn2nc(-c3ccc(C(F)(F)F)c(CNC(=O)c4ccc(F)cc4)c3)c3c2CCN(S(C)(=O)=O)C3)CC1. The Kier molecular flexibility index (Phi) is 10.6. The van der Waals surface area contributed by atoms with E-state index in [1.807, 2.05) is 0 Å². The van der Waals surface area contributed by atoms with Crippen LogP contribution in [-0.4, -0.2) is 88.9 Å². The van der Waals surface area contributed by atoms with Gasteiger partial charge in [0.25, 0.3) is 5.91 Å². The fourth-order valence-corrected chi connectivity index (χ4v) is 7.06. The average molecular weight is 695 g/mol. The van der Waals surface area contributed by atoms with Crippen molar-refractivity contribution in [3.63, 3.8) is 0 Å². The van der Waals surface area contributed by atoms with Crippen LogP contribution in [-0.2, 0) is 47.0 Å². The molecule has 16 heteroatoms. The van der Waals surface area contributed by atoms with Crippen LogP contribution in [0.5, 0.6) is 0 Å². The topological polar surface area (TPSA) is 137 Å². The number of β-amino-alcohol motifs (C(OH)–C–C–N with tert-alkyl or cyclic N) is 1. The lowest BCUT2D eigenvalue weighted by atomic mass is 9.97. The van der Waals surface area contributed by atoms with E-state index in [0.29, 0.717) is 30.9 Å². The van der Waals surface area contributed by atoms with E-state index in [-0.39, 0.29) is 60.4 Å². The molecule has 5 rings (SSSR count). The van der Waals surface area contributed by atoms with Crippen LogP contribution in [0.4, 0.5) is 17.6 Å². The van der Waals surface area contributed by atoms with E-state index >= 15 is 0 Å². The Labute approximate surface area is 276 Å². The molecule has 1 fully saturated rings. The van der Waals surface area contributed by atoms with Crippen molar-refractivity contribution in [2.75, 3.05) is 32.4 Å². The summed E-state index contributed by atoms with van der Waals surface area (Å²) in [6.45, 7) is 2.89. The van der Waals surface area contributed by atoms with Crippen LogP contribution in [0, 0.1) is 5.82 Å². The highest BCUT2D eigenvalue weighted by atomic mass is 32.2. The van der Waals surface area contributed by atoms with E-state index in [2.05, 4.69) is 15.5 Å². The Morgan fingerprint density at radius 1 is 1.06 bits per heavy atom. The number of rotatable bonds is 10. The number of nitrogens with one attached hydrogen (secondary N) is 2. The molecule has 1 aromatic heterocycles. The summed E-state index contributed by atoms with van der Waals surface area (Å²) >= 11 is 0. The highest BCUT2D eigenvalue weighted by Gasteiger charge is 2.35. The number of hydrogen-bond acceptors (Lipinski definition) is 7. The molecule has 0 radical (unpaired) electrons. The Bertz CT molecular complexity index is 1760. The summed E-state index contributed by atoms with van der Waals surface area (Å²) < 4.78 is 83.3. The van der Waals surface area contributed by atoms with Crippen molar-refractivity contribution in [3.8, 4) is 11.3 Å². The smallest absolute Gasteiger partial charge is 0.390 e. The third-order valence-electron chi connectivity index (χ3n) is 8.65. The maximum atomic E-state index is 14.0. The van der Waals surface area contributed by atoms with Crippen LogP contribution >= 0.6 is 0 Å². The minimum atomic E-state index is -4.74. The molecule has 48 heavy (non-hydrogen) atoms. The van der Waals surface area contributed by atoms with Gasteiger partial charge in [-0.05, 0) is 54.8 Å². The van der Waals surface area contributed by atoms with E-state index in [4.69, 9.17) is 5.10 Å². The molecule has 260 valence electrons. The molecule has 2 aliphatic rings. The summed E-state index contributed by atoms with van der Waals surface area (Å²) in [6, 6.07) is 8.11. The molecule has 2 amide bonds. The third kappa shape index (κ3) is 8.59. The highest BCUT2D eigenvalue weighted by molar-refractivity contribution is 7.88. The summed E-state index contributed by atoms with van der Waals surface area (Å²) in [5, 5.41) is 21.2. The number of sulfonamides is 1. The number of nitrogens with zero attached hydrogens (tertiary/aromatic N) is 4. The van der Waals surface area contributed by atoms with Crippen molar-refractivity contribution in [2.24, 2.45) is 0 Å². The number of fused-ring (bicyclic) bond motifs is 1. The largest absolute Gasteiger partial charge is 0.416 e. The molecular weight excluding hydrogens is 656 g/mol. The molecule has 1 atom stereocenters. The van der Waals surface area contributed by atoms with Gasteiger partial charge >= 0.3 is 6.18 Å². The van der Waals surface area contributed by atoms with Crippen molar-refractivity contribution in [3.05, 3.63) is 76.2 Å². The number of benzene rings is 2. The molecule has 0 bridgehead atoms. The second-order valence-electron chi connectivity index (χ2n) is 12.3. The molecule has 1 unspecified atom stereocenters. The van der Waals surface area contributed by atoms with Gasteiger partial charge in [-0.15, -0.1) is 0 Å². The number of carbonyl (C=O) groups excluding carboxylic acids is 2. The van der Waals surface area contributed by atoms with Gasteiger partial charge in [0, 0.05) is 81.0 Å². The molecule has 0 saturated carbocycles. The first-order valence-electron chi connectivity index (χ1n) is 15.5. The molecule has 3 N–H and O–H groups in total. The molecule has 0 spiro atoms. The average Bonchev–Trinajstić information content (AvgIpc) is 3.37. The zero-order chi connectivity index (χ0) is 34.8. The Hall–Kier alpha value is -3.86. The zero-order valence-corrected chi connectivity index (χ0v) is 27.4. The number of alkyl halides is 3. The van der Waals surface area contributed by atoms with Gasteiger partial charge in [-0.3, -0.25) is 14.3 Å². The summed E-state index contributed by atoms with van der Waals surface area (Å²) in [5.74, 6) is -1.34. The van der Waals surface area contributed by atoms with E-state index in [9.17, 15) is 40.7 Å². The molecule has 11 nitrogen and oxygen atoms in total. The Morgan fingerprint density at radius 3 is 2.38 bits per heavy atom. The number of aliphatic hydroxyl groups excluding tert-OH is 1. The lowest BCUT2D eigenvalue weighted by Crippen LogP contribution is -2.46. The van der Waals surface area contributed by atoms with Gasteiger partial charge in [-0.2, -0.15) is 22.6 Å². The van der Waals surface area contributed by atoms with E-state index < -0.39 is 46.1 Å². The van der Waals surface area contributed by atoms with E-state index in [0.717, 1.165) is 37.3 Å². The summed E-state index contributed by atoms with van der Waals surface area (Å²) in [5.41, 5.74) is 0.642. The minimum absolute atomic E-state index is 0.0477. The molecule has 2 aliphatic heterocycles. The van der Waals surface area contributed by atoms with Gasteiger partial charge in [-0.1, -0.05) is 6.07 Å². The number of likely N-dealkylation sites (tertiary alicyclic amines) is 1. The van der Waals surface area contributed by atoms with Crippen LogP contribution in [0.25, 0.3) is 11.3 Å². The quantitative estimate of drug-likeness (QED) is 0.278. The van der Waals surface area contributed by atoms with Crippen molar-refractivity contribution < 1.29 is 40.7 Å². The summed E-state index contributed by atoms with van der Waals surface area (Å²) in [7, 11) is -3.60. The second-order valence-corrected chi connectivity index (χ2v) is 14.3. The predicted molar refractivity (Wildman–Crippen MR) is 168 cm³/mol. The first kappa shape index (κ1) is 35.4. The lowest BCUT2D eigenvalue weighted by molar-refractivity contribution is -0.138. The van der Waals surface area contributed by atoms with Crippen molar-refractivity contribution in [1.82, 2.24) is 29.6 Å². The number of aliphatic hydroxyl groups is 1. The van der Waals surface area contributed by atoms with Crippen LogP contribution < -0.4 is 10.6 Å². The van der Waals surface area contributed by atoms with Gasteiger partial charge in [0.2, 0.25) is 15.9 Å². The maximum Gasteiger partial charge on any atom is 0.416 e. The molecule has 3 aromatic rings. The third-order valence-corrected chi connectivity index (χ3v) is 9.90. The zero-order valence-electron chi connectivity index (χ0n) is 26.6. The fourth-order valence-electron chi connectivity index (χ4n) is 6.28. The first-order valence-corrected chi connectivity index (χ1v) is 17.4. The number of piperidine rings is 1. The Morgan fingerprint density at radius 2 is 1.75 bits per heavy atom. The van der Waals surface area contributed by atoms with Crippen LogP contribution in [0.3, 0.4) is 0 Å².